The van der Waals surface area contributed by atoms with E-state index in [4.69, 9.17) is 4.74 Å². The van der Waals surface area contributed by atoms with Crippen LogP contribution in [0.1, 0.15) is 24.2 Å². The molecule has 122 valence electrons. The lowest BCUT2D eigenvalue weighted by molar-refractivity contribution is -0.117. The van der Waals surface area contributed by atoms with Crippen molar-refractivity contribution in [3.8, 4) is 5.75 Å². The SMILES string of the molecule is COc1ccccc1C/C(C)=C/C(=O)NCC(O)c1ccsc1. The molecule has 1 aromatic heterocycles. The smallest absolute Gasteiger partial charge is 0.244 e. The maximum absolute atomic E-state index is 11.9. The van der Waals surface area contributed by atoms with Gasteiger partial charge in [0, 0.05) is 12.6 Å². The number of benzene rings is 1. The molecule has 4 nitrogen and oxygen atoms in total. The summed E-state index contributed by atoms with van der Waals surface area (Å²) in [4.78, 5) is 11.9. The summed E-state index contributed by atoms with van der Waals surface area (Å²) in [5, 5.41) is 16.4. The van der Waals surface area contributed by atoms with E-state index in [1.54, 1.807) is 13.2 Å². The van der Waals surface area contributed by atoms with Gasteiger partial charge in [-0.3, -0.25) is 4.79 Å². The fourth-order valence-corrected chi connectivity index (χ4v) is 2.96. The van der Waals surface area contributed by atoms with Gasteiger partial charge in [-0.15, -0.1) is 0 Å². The average molecular weight is 331 g/mol. The van der Waals surface area contributed by atoms with Crippen molar-refractivity contribution in [2.45, 2.75) is 19.4 Å². The molecule has 2 rings (SSSR count). The monoisotopic (exact) mass is 331 g/mol. The molecule has 2 aromatic rings. The third-order valence-corrected chi connectivity index (χ3v) is 4.14. The van der Waals surface area contributed by atoms with Crippen LogP contribution >= 0.6 is 11.3 Å². The molecule has 1 heterocycles. The molecule has 1 aromatic carbocycles. The standard InChI is InChI=1S/C18H21NO3S/c1-13(9-14-5-3-4-6-17(14)22-2)10-18(21)19-11-16(20)15-7-8-23-12-15/h3-8,10,12,16,20H,9,11H2,1-2H3,(H,19,21)/b13-10+. The van der Waals surface area contributed by atoms with Crippen molar-refractivity contribution in [1.29, 1.82) is 0 Å². The Morgan fingerprint density at radius 1 is 1.39 bits per heavy atom. The molecule has 0 radical (unpaired) electrons. The van der Waals surface area contributed by atoms with E-state index in [-0.39, 0.29) is 12.5 Å². The summed E-state index contributed by atoms with van der Waals surface area (Å²) in [6, 6.07) is 9.60. The zero-order chi connectivity index (χ0) is 16.7. The number of amides is 1. The molecule has 1 unspecified atom stereocenters. The van der Waals surface area contributed by atoms with Crippen LogP contribution in [0.25, 0.3) is 0 Å². The third-order valence-electron chi connectivity index (χ3n) is 3.44. The van der Waals surface area contributed by atoms with Crippen LogP contribution in [0.4, 0.5) is 0 Å². The zero-order valence-electron chi connectivity index (χ0n) is 13.3. The molecule has 0 fully saturated rings. The molecule has 0 aliphatic carbocycles. The molecule has 1 atom stereocenters. The van der Waals surface area contributed by atoms with Crippen molar-refractivity contribution in [3.63, 3.8) is 0 Å². The van der Waals surface area contributed by atoms with E-state index >= 15 is 0 Å². The number of carbonyl (C=O) groups excluding carboxylic acids is 1. The van der Waals surface area contributed by atoms with Gasteiger partial charge in [-0.05, 0) is 47.4 Å². The largest absolute Gasteiger partial charge is 0.496 e. The highest BCUT2D eigenvalue weighted by atomic mass is 32.1. The molecule has 5 heteroatoms. The molecule has 1 amide bonds. The Morgan fingerprint density at radius 2 is 2.17 bits per heavy atom. The highest BCUT2D eigenvalue weighted by molar-refractivity contribution is 7.07. The number of aliphatic hydroxyl groups is 1. The van der Waals surface area contributed by atoms with Gasteiger partial charge in [-0.25, -0.2) is 0 Å². The number of ether oxygens (including phenoxy) is 1. The number of thiophene rings is 1. The summed E-state index contributed by atoms with van der Waals surface area (Å²) < 4.78 is 5.31. The van der Waals surface area contributed by atoms with E-state index in [0.717, 1.165) is 22.4 Å². The predicted molar refractivity (Wildman–Crippen MR) is 92.7 cm³/mol. The Balaban J connectivity index is 1.88. The number of carbonyl (C=O) groups is 1. The minimum absolute atomic E-state index is 0.202. The number of rotatable bonds is 7. The predicted octanol–water partition coefficient (Wildman–Crippen LogP) is 3.10. The van der Waals surface area contributed by atoms with Crippen LogP contribution in [0.3, 0.4) is 0 Å². The van der Waals surface area contributed by atoms with Crippen molar-refractivity contribution >= 4 is 17.2 Å². The van der Waals surface area contributed by atoms with Crippen molar-refractivity contribution in [2.24, 2.45) is 0 Å². The average Bonchev–Trinajstić information content (AvgIpc) is 3.07. The number of allylic oxidation sites excluding steroid dienone is 1. The van der Waals surface area contributed by atoms with Gasteiger partial charge in [-0.1, -0.05) is 23.8 Å². The minimum Gasteiger partial charge on any atom is -0.496 e. The van der Waals surface area contributed by atoms with E-state index < -0.39 is 6.10 Å². The Hall–Kier alpha value is -2.11. The second kappa shape index (κ2) is 8.50. The van der Waals surface area contributed by atoms with Gasteiger partial charge in [0.25, 0.3) is 0 Å². The quantitative estimate of drug-likeness (QED) is 0.767. The van der Waals surface area contributed by atoms with Crippen LogP contribution in [0.5, 0.6) is 5.75 Å². The highest BCUT2D eigenvalue weighted by Gasteiger charge is 2.09. The van der Waals surface area contributed by atoms with Crippen LogP contribution in [0, 0.1) is 0 Å². The molecule has 23 heavy (non-hydrogen) atoms. The van der Waals surface area contributed by atoms with Crippen LogP contribution in [-0.2, 0) is 11.2 Å². The minimum atomic E-state index is -0.673. The summed E-state index contributed by atoms with van der Waals surface area (Å²) in [5.74, 6) is 0.611. The first-order valence-corrected chi connectivity index (χ1v) is 8.31. The number of nitrogens with one attached hydrogen (secondary N) is 1. The van der Waals surface area contributed by atoms with Gasteiger partial charge in [0.15, 0.2) is 0 Å². The lowest BCUT2D eigenvalue weighted by Crippen LogP contribution is -2.26. The van der Waals surface area contributed by atoms with Crippen molar-refractivity contribution in [2.75, 3.05) is 13.7 Å². The Bertz CT molecular complexity index is 665. The van der Waals surface area contributed by atoms with Crippen LogP contribution in [0.2, 0.25) is 0 Å². The number of aliphatic hydroxyl groups excluding tert-OH is 1. The first-order valence-electron chi connectivity index (χ1n) is 7.37. The maximum Gasteiger partial charge on any atom is 0.244 e. The van der Waals surface area contributed by atoms with Crippen molar-refractivity contribution < 1.29 is 14.6 Å². The van der Waals surface area contributed by atoms with Gasteiger partial charge >= 0.3 is 0 Å². The zero-order valence-corrected chi connectivity index (χ0v) is 14.1. The number of hydrogen-bond acceptors (Lipinski definition) is 4. The number of methoxy groups -OCH3 is 1. The Labute approximate surface area is 140 Å². The first kappa shape index (κ1) is 17.2. The molecule has 0 spiro atoms. The molecule has 0 bridgehead atoms. The second-order valence-electron chi connectivity index (χ2n) is 5.30. The molecule has 0 aliphatic rings. The van der Waals surface area contributed by atoms with Gasteiger partial charge in [0.05, 0.1) is 13.2 Å². The topological polar surface area (TPSA) is 58.6 Å². The molecular formula is C18H21NO3S. The summed E-state index contributed by atoms with van der Waals surface area (Å²) in [7, 11) is 1.64. The van der Waals surface area contributed by atoms with Gasteiger partial charge < -0.3 is 15.2 Å². The normalized spacial score (nSPS) is 12.7. The van der Waals surface area contributed by atoms with Crippen molar-refractivity contribution in [1.82, 2.24) is 5.32 Å². The second-order valence-corrected chi connectivity index (χ2v) is 6.08. The molecule has 0 saturated carbocycles. The van der Waals surface area contributed by atoms with E-state index in [9.17, 15) is 9.90 Å². The van der Waals surface area contributed by atoms with E-state index in [1.165, 1.54) is 11.3 Å². The van der Waals surface area contributed by atoms with Crippen LogP contribution < -0.4 is 10.1 Å². The summed E-state index contributed by atoms with van der Waals surface area (Å²) in [5.41, 5.74) is 2.79. The molecule has 2 N–H and O–H groups in total. The van der Waals surface area contributed by atoms with E-state index in [2.05, 4.69) is 5.32 Å². The van der Waals surface area contributed by atoms with Crippen LogP contribution in [-0.4, -0.2) is 24.7 Å². The molecule has 0 saturated heterocycles. The first-order chi connectivity index (χ1) is 11.1. The van der Waals surface area contributed by atoms with Crippen LogP contribution in [0.15, 0.2) is 52.7 Å². The molecule has 0 aliphatic heterocycles. The highest BCUT2D eigenvalue weighted by Crippen LogP contribution is 2.20. The fraction of sp³-hybridized carbons (Fsp3) is 0.278. The Morgan fingerprint density at radius 3 is 2.87 bits per heavy atom. The van der Waals surface area contributed by atoms with Gasteiger partial charge in [-0.2, -0.15) is 11.3 Å². The third kappa shape index (κ3) is 5.23. The van der Waals surface area contributed by atoms with E-state index in [1.807, 2.05) is 48.0 Å². The van der Waals surface area contributed by atoms with E-state index in [0.29, 0.717) is 6.42 Å². The summed E-state index contributed by atoms with van der Waals surface area (Å²) in [6.45, 7) is 2.11. The Kier molecular flexibility index (Phi) is 6.38. The number of para-hydroxylation sites is 1. The maximum atomic E-state index is 11.9. The number of hydrogen-bond donors (Lipinski definition) is 2. The molecular weight excluding hydrogens is 310 g/mol. The van der Waals surface area contributed by atoms with Gasteiger partial charge in [0.2, 0.25) is 5.91 Å². The fourth-order valence-electron chi connectivity index (χ4n) is 2.25. The summed E-state index contributed by atoms with van der Waals surface area (Å²) >= 11 is 1.52. The van der Waals surface area contributed by atoms with Crippen molar-refractivity contribution in [3.05, 3.63) is 63.9 Å². The summed E-state index contributed by atoms with van der Waals surface area (Å²) in [6.07, 6.45) is 1.53. The lowest BCUT2D eigenvalue weighted by atomic mass is 10.0. The lowest BCUT2D eigenvalue weighted by Gasteiger charge is -2.10. The van der Waals surface area contributed by atoms with Gasteiger partial charge in [0.1, 0.15) is 5.75 Å².